The standard InChI is InChI=1S/C11H14S/c1-7-6-10-8-2-4-9(5-3-8)11(10)12-7/h6,8-9H,2-5H2,1H3. The van der Waals surface area contributed by atoms with Crippen LogP contribution in [0.5, 0.6) is 0 Å². The second-order valence-electron chi connectivity index (χ2n) is 4.23. The first-order valence-electron chi connectivity index (χ1n) is 4.95. The van der Waals surface area contributed by atoms with Crippen LogP contribution >= 0.6 is 11.3 Å². The molecule has 1 aromatic rings. The minimum absolute atomic E-state index is 0.940. The summed E-state index contributed by atoms with van der Waals surface area (Å²) in [6.07, 6.45) is 5.87. The van der Waals surface area contributed by atoms with Gasteiger partial charge in [-0.3, -0.25) is 0 Å². The summed E-state index contributed by atoms with van der Waals surface area (Å²) in [7, 11) is 0. The number of hydrogen-bond acceptors (Lipinski definition) is 1. The van der Waals surface area contributed by atoms with E-state index in [0.717, 1.165) is 11.8 Å². The molecule has 0 saturated heterocycles. The molecule has 1 aromatic heterocycles. The first-order chi connectivity index (χ1) is 5.84. The van der Waals surface area contributed by atoms with E-state index in [1.54, 1.807) is 10.4 Å². The number of hydrogen-bond donors (Lipinski definition) is 0. The van der Waals surface area contributed by atoms with E-state index in [2.05, 4.69) is 24.3 Å². The molecule has 0 N–H and O–H groups in total. The Labute approximate surface area is 77.6 Å². The maximum absolute atomic E-state index is 2.44. The van der Waals surface area contributed by atoms with Crippen LogP contribution in [-0.2, 0) is 0 Å². The van der Waals surface area contributed by atoms with Crippen LogP contribution < -0.4 is 0 Å². The average Bonchev–Trinajstić information content (AvgIpc) is 2.49. The van der Waals surface area contributed by atoms with Crippen molar-refractivity contribution in [1.29, 1.82) is 0 Å². The Hall–Kier alpha value is -0.300. The van der Waals surface area contributed by atoms with Gasteiger partial charge in [0.2, 0.25) is 0 Å². The van der Waals surface area contributed by atoms with Gasteiger partial charge in [-0.1, -0.05) is 0 Å². The third-order valence-corrected chi connectivity index (χ3v) is 4.68. The molecule has 0 unspecified atom stereocenters. The lowest BCUT2D eigenvalue weighted by atomic mass is 9.71. The molecule has 3 aliphatic carbocycles. The molecule has 0 aliphatic heterocycles. The van der Waals surface area contributed by atoms with Gasteiger partial charge in [0.1, 0.15) is 0 Å². The molecule has 1 saturated carbocycles. The van der Waals surface area contributed by atoms with Crippen LogP contribution in [0, 0.1) is 6.92 Å². The van der Waals surface area contributed by atoms with Crippen LogP contribution in [0.25, 0.3) is 0 Å². The van der Waals surface area contributed by atoms with Gasteiger partial charge < -0.3 is 0 Å². The fourth-order valence-corrected chi connectivity index (χ4v) is 4.14. The quantitative estimate of drug-likeness (QED) is 0.566. The molecule has 12 heavy (non-hydrogen) atoms. The number of aryl methyl sites for hydroxylation is 1. The first-order valence-corrected chi connectivity index (χ1v) is 5.76. The molecule has 64 valence electrons. The molecule has 3 aliphatic rings. The lowest BCUT2D eigenvalue weighted by Crippen LogP contribution is -2.19. The van der Waals surface area contributed by atoms with E-state index >= 15 is 0 Å². The van der Waals surface area contributed by atoms with Crippen molar-refractivity contribution in [3.63, 3.8) is 0 Å². The van der Waals surface area contributed by atoms with Crippen LogP contribution in [0.1, 0.15) is 52.8 Å². The van der Waals surface area contributed by atoms with E-state index in [-0.39, 0.29) is 0 Å². The number of thiophene rings is 1. The van der Waals surface area contributed by atoms with Crippen molar-refractivity contribution in [3.05, 3.63) is 21.4 Å². The zero-order valence-corrected chi connectivity index (χ0v) is 8.29. The molecule has 1 fully saturated rings. The molecular formula is C11H14S. The summed E-state index contributed by atoms with van der Waals surface area (Å²) in [5.41, 5.74) is 1.72. The average molecular weight is 178 g/mol. The van der Waals surface area contributed by atoms with E-state index < -0.39 is 0 Å². The highest BCUT2D eigenvalue weighted by atomic mass is 32.1. The normalized spacial score (nSPS) is 32.1. The fraction of sp³-hybridized carbons (Fsp3) is 0.636. The Morgan fingerprint density at radius 1 is 1.17 bits per heavy atom. The van der Waals surface area contributed by atoms with Crippen molar-refractivity contribution < 1.29 is 0 Å². The minimum Gasteiger partial charge on any atom is -0.145 e. The predicted octanol–water partition coefficient (Wildman–Crippen LogP) is 3.81. The van der Waals surface area contributed by atoms with Gasteiger partial charge in [-0.25, -0.2) is 0 Å². The summed E-state index contributed by atoms with van der Waals surface area (Å²) in [5.74, 6) is 1.89. The molecule has 0 atom stereocenters. The third-order valence-electron chi connectivity index (χ3n) is 3.45. The van der Waals surface area contributed by atoms with Gasteiger partial charge in [-0.05, 0) is 56.1 Å². The van der Waals surface area contributed by atoms with E-state index in [0.29, 0.717) is 0 Å². The molecule has 4 rings (SSSR count). The molecule has 0 aromatic carbocycles. The van der Waals surface area contributed by atoms with Gasteiger partial charge in [-0.15, -0.1) is 11.3 Å². The first kappa shape index (κ1) is 7.14. The van der Waals surface area contributed by atoms with Crippen LogP contribution in [0.15, 0.2) is 6.07 Å². The van der Waals surface area contributed by atoms with E-state index in [9.17, 15) is 0 Å². The Morgan fingerprint density at radius 2 is 1.83 bits per heavy atom. The van der Waals surface area contributed by atoms with Gasteiger partial charge in [0.15, 0.2) is 0 Å². The molecule has 2 bridgehead atoms. The van der Waals surface area contributed by atoms with Gasteiger partial charge in [0, 0.05) is 9.75 Å². The van der Waals surface area contributed by atoms with Crippen molar-refractivity contribution in [2.45, 2.75) is 44.4 Å². The molecular weight excluding hydrogens is 164 g/mol. The zero-order valence-electron chi connectivity index (χ0n) is 7.47. The Bertz CT molecular complexity index is 273. The molecule has 0 nitrogen and oxygen atoms in total. The highest BCUT2D eigenvalue weighted by Gasteiger charge is 2.33. The second kappa shape index (κ2) is 2.35. The molecule has 0 amide bonds. The highest BCUT2D eigenvalue weighted by Crippen LogP contribution is 2.52. The monoisotopic (exact) mass is 178 g/mol. The summed E-state index contributed by atoms with van der Waals surface area (Å²) < 4.78 is 0. The van der Waals surface area contributed by atoms with Crippen molar-refractivity contribution in [2.24, 2.45) is 0 Å². The van der Waals surface area contributed by atoms with E-state index in [1.165, 1.54) is 30.6 Å². The summed E-state index contributed by atoms with van der Waals surface area (Å²) >= 11 is 2.05. The van der Waals surface area contributed by atoms with Gasteiger partial charge in [0.25, 0.3) is 0 Å². The molecule has 1 heteroatoms. The van der Waals surface area contributed by atoms with Gasteiger partial charge in [0.05, 0.1) is 0 Å². The third kappa shape index (κ3) is 0.832. The van der Waals surface area contributed by atoms with Crippen LogP contribution in [-0.4, -0.2) is 0 Å². The van der Waals surface area contributed by atoms with Gasteiger partial charge in [-0.2, -0.15) is 0 Å². The van der Waals surface area contributed by atoms with Crippen LogP contribution in [0.4, 0.5) is 0 Å². The maximum atomic E-state index is 2.44. The Balaban J connectivity index is 2.18. The summed E-state index contributed by atoms with van der Waals surface area (Å²) in [5, 5.41) is 0. The second-order valence-corrected chi connectivity index (χ2v) is 5.51. The fourth-order valence-electron chi connectivity index (χ4n) is 2.86. The summed E-state index contributed by atoms with van der Waals surface area (Å²) in [6.45, 7) is 2.25. The number of rotatable bonds is 0. The summed E-state index contributed by atoms with van der Waals surface area (Å²) in [6, 6.07) is 2.44. The smallest absolute Gasteiger partial charge is 0.0114 e. The van der Waals surface area contributed by atoms with E-state index in [1.807, 2.05) is 0 Å². The predicted molar refractivity (Wildman–Crippen MR) is 53.0 cm³/mol. The summed E-state index contributed by atoms with van der Waals surface area (Å²) in [4.78, 5) is 3.27. The molecule has 1 heterocycles. The van der Waals surface area contributed by atoms with Crippen molar-refractivity contribution in [1.82, 2.24) is 0 Å². The van der Waals surface area contributed by atoms with Crippen LogP contribution in [0.2, 0.25) is 0 Å². The van der Waals surface area contributed by atoms with Crippen LogP contribution in [0.3, 0.4) is 0 Å². The Morgan fingerprint density at radius 3 is 2.50 bits per heavy atom. The molecule has 0 radical (unpaired) electrons. The zero-order chi connectivity index (χ0) is 8.13. The maximum Gasteiger partial charge on any atom is 0.0114 e. The van der Waals surface area contributed by atoms with Crippen molar-refractivity contribution in [3.8, 4) is 0 Å². The number of fused-ring (bicyclic) bond motifs is 2. The van der Waals surface area contributed by atoms with Crippen molar-refractivity contribution in [2.75, 3.05) is 0 Å². The SMILES string of the molecule is Cc1cc2c(s1)C1CCC2CC1. The van der Waals surface area contributed by atoms with Gasteiger partial charge >= 0.3 is 0 Å². The van der Waals surface area contributed by atoms with E-state index in [4.69, 9.17) is 0 Å². The molecule has 0 spiro atoms. The topological polar surface area (TPSA) is 0 Å². The Kier molecular flexibility index (Phi) is 1.40. The lowest BCUT2D eigenvalue weighted by Gasteiger charge is -2.35. The minimum atomic E-state index is 0.940. The van der Waals surface area contributed by atoms with Crippen molar-refractivity contribution >= 4 is 11.3 Å². The lowest BCUT2D eigenvalue weighted by molar-refractivity contribution is 0.365. The largest absolute Gasteiger partial charge is 0.145 e. The highest BCUT2D eigenvalue weighted by molar-refractivity contribution is 7.12.